The van der Waals surface area contributed by atoms with E-state index in [0.717, 1.165) is 29.7 Å². The summed E-state index contributed by atoms with van der Waals surface area (Å²) in [5.41, 5.74) is 3.14. The van der Waals surface area contributed by atoms with E-state index in [1.807, 2.05) is 17.2 Å². The molecule has 31 heavy (non-hydrogen) atoms. The molecule has 8 heteroatoms. The van der Waals surface area contributed by atoms with Gasteiger partial charge in [0.25, 0.3) is 5.91 Å². The monoisotopic (exact) mass is 424 g/mol. The predicted molar refractivity (Wildman–Crippen MR) is 112 cm³/mol. The van der Waals surface area contributed by atoms with Crippen LogP contribution in [0.4, 0.5) is 9.18 Å². The number of hydrogen-bond acceptors (Lipinski definition) is 4. The molecule has 3 heterocycles. The number of nitrogens with one attached hydrogen (secondary N) is 2. The molecule has 1 atom stereocenters. The van der Waals surface area contributed by atoms with Gasteiger partial charge < -0.3 is 10.2 Å². The Hall–Kier alpha value is -3.29. The molecule has 0 bridgehead atoms. The summed E-state index contributed by atoms with van der Waals surface area (Å²) in [6, 6.07) is 9.47. The molecule has 0 spiro atoms. The molecule has 0 saturated carbocycles. The van der Waals surface area contributed by atoms with Crippen LogP contribution in [0.3, 0.4) is 0 Å². The summed E-state index contributed by atoms with van der Waals surface area (Å²) in [7, 11) is 0. The summed E-state index contributed by atoms with van der Waals surface area (Å²) in [6.45, 7) is 1.32. The van der Waals surface area contributed by atoms with Crippen molar-refractivity contribution in [2.45, 2.75) is 44.1 Å². The molecular weight excluding hydrogens is 399 g/mol. The van der Waals surface area contributed by atoms with E-state index in [-0.39, 0.29) is 24.1 Å². The van der Waals surface area contributed by atoms with E-state index >= 15 is 0 Å². The molecule has 2 saturated heterocycles. The fourth-order valence-electron chi connectivity index (χ4n) is 4.13. The number of hydrogen-bond donors (Lipinski definition) is 2. The first kappa shape index (κ1) is 21.0. The molecule has 1 aromatic heterocycles. The van der Waals surface area contributed by atoms with Crippen LogP contribution in [0, 0.1) is 5.82 Å². The van der Waals surface area contributed by atoms with Crippen LogP contribution in [0.25, 0.3) is 0 Å². The Labute approximate surface area is 180 Å². The number of pyridine rings is 1. The number of rotatable bonds is 6. The fourth-order valence-corrected chi connectivity index (χ4v) is 4.13. The van der Waals surface area contributed by atoms with E-state index in [1.165, 1.54) is 12.1 Å². The van der Waals surface area contributed by atoms with Crippen molar-refractivity contribution in [3.63, 3.8) is 0 Å². The average Bonchev–Trinajstić information content (AvgIpc) is 3.11. The SMILES string of the molecule is O=C1NC(=O)[C@H](CCC(=O)N2CCC(c3ccc(Cc4ccc(F)cc4)cn3)CC2)N1. The van der Waals surface area contributed by atoms with Gasteiger partial charge in [-0.2, -0.15) is 0 Å². The number of carbonyl (C=O) groups excluding carboxylic acids is 3. The average molecular weight is 424 g/mol. The second-order valence-electron chi connectivity index (χ2n) is 8.10. The van der Waals surface area contributed by atoms with E-state index in [1.54, 1.807) is 12.1 Å². The summed E-state index contributed by atoms with van der Waals surface area (Å²) in [5.74, 6) is -0.290. The first-order valence-electron chi connectivity index (χ1n) is 10.6. The van der Waals surface area contributed by atoms with Gasteiger partial charge in [0.1, 0.15) is 11.9 Å². The van der Waals surface area contributed by atoms with Gasteiger partial charge in [-0.25, -0.2) is 9.18 Å². The van der Waals surface area contributed by atoms with Crippen molar-refractivity contribution in [3.05, 3.63) is 65.2 Å². The molecule has 2 N–H and O–H groups in total. The number of imide groups is 1. The molecule has 1 aromatic carbocycles. The Morgan fingerprint density at radius 1 is 1.06 bits per heavy atom. The highest BCUT2D eigenvalue weighted by Crippen LogP contribution is 2.27. The maximum absolute atomic E-state index is 13.0. The van der Waals surface area contributed by atoms with Gasteiger partial charge in [-0.05, 0) is 55.0 Å². The number of nitrogens with zero attached hydrogens (tertiary/aromatic N) is 2. The van der Waals surface area contributed by atoms with Crippen LogP contribution in [0.1, 0.15) is 48.4 Å². The molecule has 0 unspecified atom stereocenters. The Morgan fingerprint density at radius 3 is 2.39 bits per heavy atom. The van der Waals surface area contributed by atoms with Gasteiger partial charge in [-0.1, -0.05) is 18.2 Å². The lowest BCUT2D eigenvalue weighted by atomic mass is 9.92. The van der Waals surface area contributed by atoms with E-state index in [9.17, 15) is 18.8 Å². The maximum atomic E-state index is 13.0. The topological polar surface area (TPSA) is 91.4 Å². The highest BCUT2D eigenvalue weighted by Gasteiger charge is 2.31. The molecule has 2 aliphatic rings. The minimum absolute atomic E-state index is 0.00926. The van der Waals surface area contributed by atoms with Crippen molar-refractivity contribution in [3.8, 4) is 0 Å². The zero-order valence-electron chi connectivity index (χ0n) is 17.1. The smallest absolute Gasteiger partial charge is 0.322 e. The van der Waals surface area contributed by atoms with Crippen LogP contribution < -0.4 is 10.6 Å². The number of piperidine rings is 1. The second kappa shape index (κ2) is 9.24. The highest BCUT2D eigenvalue weighted by atomic mass is 19.1. The van der Waals surface area contributed by atoms with Gasteiger partial charge in [0.15, 0.2) is 0 Å². The second-order valence-corrected chi connectivity index (χ2v) is 8.10. The summed E-state index contributed by atoms with van der Waals surface area (Å²) < 4.78 is 13.0. The predicted octanol–water partition coefficient (Wildman–Crippen LogP) is 2.51. The fraction of sp³-hybridized carbons (Fsp3) is 0.391. The minimum atomic E-state index is -0.619. The van der Waals surface area contributed by atoms with Gasteiger partial charge in [-0.15, -0.1) is 0 Å². The molecule has 2 fully saturated rings. The number of carbonyl (C=O) groups is 3. The van der Waals surface area contributed by atoms with Crippen molar-refractivity contribution >= 4 is 17.8 Å². The van der Waals surface area contributed by atoms with Gasteiger partial charge in [0, 0.05) is 37.3 Å². The first-order valence-corrected chi connectivity index (χ1v) is 10.6. The van der Waals surface area contributed by atoms with E-state index in [0.29, 0.717) is 31.8 Å². The molecule has 4 rings (SSSR count). The lowest BCUT2D eigenvalue weighted by Gasteiger charge is -2.32. The van der Waals surface area contributed by atoms with Crippen molar-refractivity contribution in [1.82, 2.24) is 20.5 Å². The van der Waals surface area contributed by atoms with Crippen molar-refractivity contribution in [1.29, 1.82) is 0 Å². The third kappa shape index (κ3) is 5.25. The first-order chi connectivity index (χ1) is 15.0. The molecular formula is C23H25FN4O3. The van der Waals surface area contributed by atoms with Crippen molar-refractivity contribution < 1.29 is 18.8 Å². The Morgan fingerprint density at radius 2 is 1.77 bits per heavy atom. The molecule has 0 aliphatic carbocycles. The Bertz CT molecular complexity index is 954. The third-order valence-corrected chi connectivity index (χ3v) is 5.94. The number of halogens is 1. The lowest BCUT2D eigenvalue weighted by molar-refractivity contribution is -0.132. The van der Waals surface area contributed by atoms with Crippen molar-refractivity contribution in [2.24, 2.45) is 0 Å². The van der Waals surface area contributed by atoms with Gasteiger partial charge in [0.2, 0.25) is 5.91 Å². The van der Waals surface area contributed by atoms with E-state index in [4.69, 9.17) is 0 Å². The zero-order valence-corrected chi connectivity index (χ0v) is 17.1. The molecule has 162 valence electrons. The normalized spacial score (nSPS) is 19.3. The van der Waals surface area contributed by atoms with Crippen LogP contribution in [-0.2, 0) is 16.0 Å². The number of aromatic nitrogens is 1. The summed E-state index contributed by atoms with van der Waals surface area (Å²) in [5, 5.41) is 4.70. The minimum Gasteiger partial charge on any atom is -0.343 e. The number of amides is 4. The van der Waals surface area contributed by atoms with Crippen LogP contribution in [0.2, 0.25) is 0 Å². The zero-order chi connectivity index (χ0) is 21.8. The van der Waals surface area contributed by atoms with Crippen molar-refractivity contribution in [2.75, 3.05) is 13.1 Å². The summed E-state index contributed by atoms with van der Waals surface area (Å²) >= 11 is 0. The highest BCUT2D eigenvalue weighted by molar-refractivity contribution is 6.04. The van der Waals surface area contributed by atoms with Gasteiger partial charge in [-0.3, -0.25) is 19.9 Å². The number of urea groups is 1. The third-order valence-electron chi connectivity index (χ3n) is 5.94. The number of benzene rings is 1. The molecule has 0 radical (unpaired) electrons. The Balaban J connectivity index is 1.24. The molecule has 4 amide bonds. The Kier molecular flexibility index (Phi) is 6.25. The molecule has 2 aliphatic heterocycles. The van der Waals surface area contributed by atoms with Crippen LogP contribution in [0.15, 0.2) is 42.6 Å². The number of likely N-dealkylation sites (tertiary alicyclic amines) is 1. The molecule has 7 nitrogen and oxygen atoms in total. The maximum Gasteiger partial charge on any atom is 0.322 e. The van der Waals surface area contributed by atoms with Gasteiger partial charge >= 0.3 is 6.03 Å². The molecule has 2 aromatic rings. The lowest BCUT2D eigenvalue weighted by Crippen LogP contribution is -2.39. The van der Waals surface area contributed by atoms with Crippen LogP contribution in [-0.4, -0.2) is 46.9 Å². The van der Waals surface area contributed by atoms with Crippen LogP contribution in [0.5, 0.6) is 0 Å². The van der Waals surface area contributed by atoms with Gasteiger partial charge in [0.05, 0.1) is 0 Å². The van der Waals surface area contributed by atoms with E-state index < -0.39 is 12.1 Å². The standard InChI is InChI=1S/C23H25FN4O3/c24-18-4-1-15(2-5-18)13-16-3-6-19(25-14-16)17-9-11-28(12-10-17)21(29)8-7-20-22(30)27-23(31)26-20/h1-6,14,17,20H,7-13H2,(H2,26,27,30,31)/t20-/m0/s1. The quantitative estimate of drug-likeness (QED) is 0.697. The largest absolute Gasteiger partial charge is 0.343 e. The summed E-state index contributed by atoms with van der Waals surface area (Å²) in [6.07, 6.45) is 4.82. The van der Waals surface area contributed by atoms with Crippen LogP contribution >= 0.6 is 0 Å². The van der Waals surface area contributed by atoms with E-state index in [2.05, 4.69) is 21.7 Å². The summed E-state index contributed by atoms with van der Waals surface area (Å²) in [4.78, 5) is 41.6.